The molecule has 8 nitrogen and oxygen atoms in total. The lowest BCUT2D eigenvalue weighted by molar-refractivity contribution is -0.122. The summed E-state index contributed by atoms with van der Waals surface area (Å²) < 4.78 is 13.5. The maximum Gasteiger partial charge on any atom is 0.236 e. The molecule has 0 fully saturated rings. The number of rotatable bonds is 9. The second-order valence-corrected chi connectivity index (χ2v) is 7.61. The molecule has 0 aliphatic carbocycles. The molecule has 1 heterocycles. The van der Waals surface area contributed by atoms with Gasteiger partial charge in [0.05, 0.1) is 29.4 Å². The van der Waals surface area contributed by atoms with Crippen LogP contribution in [-0.4, -0.2) is 35.5 Å². The fourth-order valence-electron chi connectivity index (χ4n) is 2.92. The van der Waals surface area contributed by atoms with Crippen LogP contribution in [0.15, 0.2) is 54.7 Å². The summed E-state index contributed by atoms with van der Waals surface area (Å²) in [4.78, 5) is 20.6. The van der Waals surface area contributed by atoms with Gasteiger partial charge >= 0.3 is 0 Å². The highest BCUT2D eigenvalue weighted by molar-refractivity contribution is 5.81. The highest BCUT2D eigenvalue weighted by atomic mass is 19.1. The third kappa shape index (κ3) is 7.81. The zero-order chi connectivity index (χ0) is 25.0. The molecule has 0 saturated carbocycles. The van der Waals surface area contributed by atoms with Crippen LogP contribution in [0.5, 0.6) is 0 Å². The van der Waals surface area contributed by atoms with Gasteiger partial charge in [-0.15, -0.1) is 0 Å². The van der Waals surface area contributed by atoms with E-state index in [1.807, 2.05) is 0 Å². The summed E-state index contributed by atoms with van der Waals surface area (Å²) in [6, 6.07) is 14.8. The van der Waals surface area contributed by atoms with Gasteiger partial charge in [0.25, 0.3) is 0 Å². The van der Waals surface area contributed by atoms with Crippen LogP contribution in [0.4, 0.5) is 27.5 Å². The molecule has 9 heteroatoms. The molecule has 0 unspecified atom stereocenters. The van der Waals surface area contributed by atoms with E-state index < -0.39 is 0 Å². The van der Waals surface area contributed by atoms with Gasteiger partial charge in [-0.05, 0) is 62.9 Å². The van der Waals surface area contributed by atoms with Crippen molar-refractivity contribution in [2.24, 2.45) is 0 Å². The minimum atomic E-state index is -0.370. The lowest BCUT2D eigenvalue weighted by Crippen LogP contribution is -2.40. The third-order valence-corrected chi connectivity index (χ3v) is 4.97. The molecule has 0 spiro atoms. The van der Waals surface area contributed by atoms with Crippen molar-refractivity contribution in [1.29, 1.82) is 5.26 Å². The molecule has 178 valence electrons. The maximum absolute atomic E-state index is 13.5. The van der Waals surface area contributed by atoms with Crippen LogP contribution in [0.1, 0.15) is 30.9 Å². The Labute approximate surface area is 204 Å². The number of hydrogen-bond donors (Lipinski definition) is 4. The number of carbonyl (C=O) groups is 1. The standard InChI is InChI=1S/C26H26FN7O/c1-18(29-2)25(35)30-14-5-3-4-7-20-17-31-26(33-23-9-6-8-21(27)15-23)34-24(20)32-22-12-10-19(16-28)11-13-22/h6,8-13,15,17-18,29H,3,5,14H2,1-2H3,(H,30,35)(H2,31,32,33,34)/t18-/m0/s1. The van der Waals surface area contributed by atoms with Crippen molar-refractivity contribution in [3.8, 4) is 17.9 Å². The first-order valence-corrected chi connectivity index (χ1v) is 11.1. The second-order valence-electron chi connectivity index (χ2n) is 7.61. The van der Waals surface area contributed by atoms with Crippen LogP contribution < -0.4 is 21.3 Å². The van der Waals surface area contributed by atoms with E-state index in [4.69, 9.17) is 5.26 Å². The predicted octanol–water partition coefficient (Wildman–Crippen LogP) is 3.83. The number of nitrogens with zero attached hydrogens (tertiary/aromatic N) is 3. The molecule has 0 bridgehead atoms. The highest BCUT2D eigenvalue weighted by Gasteiger charge is 2.09. The zero-order valence-corrected chi connectivity index (χ0v) is 19.5. The second kappa shape index (κ2) is 12.7. The lowest BCUT2D eigenvalue weighted by Gasteiger charge is -2.11. The van der Waals surface area contributed by atoms with E-state index in [-0.39, 0.29) is 23.7 Å². The van der Waals surface area contributed by atoms with Gasteiger partial charge in [-0.1, -0.05) is 17.9 Å². The van der Waals surface area contributed by atoms with Gasteiger partial charge < -0.3 is 21.3 Å². The average molecular weight is 472 g/mol. The Bertz CT molecular complexity index is 1260. The monoisotopic (exact) mass is 471 g/mol. The van der Waals surface area contributed by atoms with Crippen molar-refractivity contribution in [2.45, 2.75) is 25.8 Å². The molecular weight excluding hydrogens is 445 g/mol. The van der Waals surface area contributed by atoms with Crippen LogP contribution in [0.25, 0.3) is 0 Å². The minimum Gasteiger partial charge on any atom is -0.355 e. The first-order valence-electron chi connectivity index (χ1n) is 11.1. The van der Waals surface area contributed by atoms with Gasteiger partial charge in [0.1, 0.15) is 5.82 Å². The van der Waals surface area contributed by atoms with Crippen molar-refractivity contribution >= 4 is 29.0 Å². The molecule has 0 saturated heterocycles. The Morgan fingerprint density at radius 3 is 2.66 bits per heavy atom. The van der Waals surface area contributed by atoms with Crippen LogP contribution in [0.2, 0.25) is 0 Å². The van der Waals surface area contributed by atoms with E-state index in [2.05, 4.69) is 49.1 Å². The predicted molar refractivity (Wildman–Crippen MR) is 134 cm³/mol. The fourth-order valence-corrected chi connectivity index (χ4v) is 2.92. The summed E-state index contributed by atoms with van der Waals surface area (Å²) in [5.41, 5.74) is 2.36. The Kier molecular flexibility index (Phi) is 9.12. The number of unbranched alkanes of at least 4 members (excludes halogenated alkanes) is 1. The van der Waals surface area contributed by atoms with Crippen molar-refractivity contribution in [3.63, 3.8) is 0 Å². The number of nitrogens with one attached hydrogen (secondary N) is 4. The number of carbonyl (C=O) groups excluding carboxylic acids is 1. The summed E-state index contributed by atoms with van der Waals surface area (Å²) in [6.07, 6.45) is 2.87. The first kappa shape index (κ1) is 25.2. The first-order chi connectivity index (χ1) is 17.0. The van der Waals surface area contributed by atoms with Crippen molar-refractivity contribution in [3.05, 3.63) is 71.7 Å². The summed E-state index contributed by atoms with van der Waals surface area (Å²) in [6.45, 7) is 2.33. The van der Waals surface area contributed by atoms with Gasteiger partial charge in [-0.3, -0.25) is 4.79 Å². The molecule has 1 amide bonds. The topological polar surface area (TPSA) is 115 Å². The van der Waals surface area contributed by atoms with E-state index in [9.17, 15) is 9.18 Å². The van der Waals surface area contributed by atoms with E-state index >= 15 is 0 Å². The number of hydrogen-bond acceptors (Lipinski definition) is 7. The van der Waals surface area contributed by atoms with Crippen LogP contribution in [-0.2, 0) is 4.79 Å². The van der Waals surface area contributed by atoms with Crippen molar-refractivity contribution < 1.29 is 9.18 Å². The van der Waals surface area contributed by atoms with Gasteiger partial charge in [-0.2, -0.15) is 10.2 Å². The number of benzene rings is 2. The van der Waals surface area contributed by atoms with Crippen molar-refractivity contribution in [1.82, 2.24) is 20.6 Å². The molecule has 0 radical (unpaired) electrons. The number of likely N-dealkylation sites (N-methyl/N-ethyl adjacent to an activating group) is 1. The Morgan fingerprint density at radius 2 is 1.94 bits per heavy atom. The largest absolute Gasteiger partial charge is 0.355 e. The summed E-state index contributed by atoms with van der Waals surface area (Å²) in [5, 5.41) is 21.0. The fraction of sp³-hybridized carbons (Fsp3) is 0.231. The number of nitriles is 1. The molecular formula is C26H26FN7O. The molecule has 2 aromatic carbocycles. The van der Waals surface area contributed by atoms with E-state index in [0.717, 1.165) is 5.69 Å². The number of amides is 1. The SMILES string of the molecule is CN[C@@H](C)C(=O)NCCCC#Cc1cnc(Nc2cccc(F)c2)nc1Nc1ccc(C#N)cc1. The quantitative estimate of drug-likeness (QED) is 0.277. The van der Waals surface area contributed by atoms with E-state index in [0.29, 0.717) is 42.0 Å². The number of aromatic nitrogens is 2. The molecule has 3 rings (SSSR count). The molecule has 3 aromatic rings. The van der Waals surface area contributed by atoms with Gasteiger partial charge in [-0.25, -0.2) is 9.37 Å². The van der Waals surface area contributed by atoms with E-state index in [1.165, 1.54) is 12.1 Å². The molecule has 1 atom stereocenters. The van der Waals surface area contributed by atoms with E-state index in [1.54, 1.807) is 56.6 Å². The minimum absolute atomic E-state index is 0.0517. The Morgan fingerprint density at radius 1 is 1.14 bits per heavy atom. The van der Waals surface area contributed by atoms with Gasteiger partial charge in [0.15, 0.2) is 5.82 Å². The summed E-state index contributed by atoms with van der Waals surface area (Å²) in [5.74, 6) is 6.48. The molecule has 4 N–H and O–H groups in total. The smallest absolute Gasteiger partial charge is 0.236 e. The zero-order valence-electron chi connectivity index (χ0n) is 19.5. The highest BCUT2D eigenvalue weighted by Crippen LogP contribution is 2.22. The molecule has 35 heavy (non-hydrogen) atoms. The van der Waals surface area contributed by atoms with Crippen LogP contribution >= 0.6 is 0 Å². The van der Waals surface area contributed by atoms with Crippen LogP contribution in [0.3, 0.4) is 0 Å². The van der Waals surface area contributed by atoms with Crippen LogP contribution in [0, 0.1) is 29.0 Å². The lowest BCUT2D eigenvalue weighted by atomic mass is 10.2. The normalized spacial score (nSPS) is 10.9. The van der Waals surface area contributed by atoms with Gasteiger partial charge in [0.2, 0.25) is 11.9 Å². The number of anilines is 4. The Hall–Kier alpha value is -4.47. The summed E-state index contributed by atoms with van der Waals surface area (Å²) in [7, 11) is 1.74. The average Bonchev–Trinajstić information content (AvgIpc) is 2.87. The van der Waals surface area contributed by atoms with Crippen molar-refractivity contribution in [2.75, 3.05) is 24.2 Å². The number of halogens is 1. The third-order valence-electron chi connectivity index (χ3n) is 4.97. The molecule has 0 aliphatic heterocycles. The summed E-state index contributed by atoms with van der Waals surface area (Å²) >= 11 is 0. The maximum atomic E-state index is 13.5. The molecule has 0 aliphatic rings. The Balaban J connectivity index is 1.73. The van der Waals surface area contributed by atoms with Gasteiger partial charge in [0, 0.05) is 24.3 Å². The molecule has 1 aromatic heterocycles.